The van der Waals surface area contributed by atoms with Crippen molar-refractivity contribution >= 4 is 10.8 Å². The first-order valence-electron chi connectivity index (χ1n) is 6.11. The summed E-state index contributed by atoms with van der Waals surface area (Å²) in [7, 11) is 3.15. The van der Waals surface area contributed by atoms with Crippen molar-refractivity contribution in [3.63, 3.8) is 0 Å². The maximum Gasteiger partial charge on any atom is 0.175 e. The average Bonchev–Trinajstić information content (AvgIpc) is 2.90. The lowest BCUT2D eigenvalue weighted by atomic mass is 10.1. The van der Waals surface area contributed by atoms with Crippen molar-refractivity contribution in [2.24, 2.45) is 0 Å². The molecule has 0 spiro atoms. The van der Waals surface area contributed by atoms with Crippen LogP contribution in [0.25, 0.3) is 22.2 Å². The van der Waals surface area contributed by atoms with Crippen molar-refractivity contribution in [1.82, 2.24) is 9.97 Å². The number of hydrogen-bond donors (Lipinski definition) is 1. The summed E-state index contributed by atoms with van der Waals surface area (Å²) in [6, 6.07) is 9.28. The first kappa shape index (κ1) is 12.8. The molecule has 102 valence electrons. The van der Waals surface area contributed by atoms with Crippen LogP contribution < -0.4 is 9.47 Å². The van der Waals surface area contributed by atoms with E-state index in [0.717, 1.165) is 10.8 Å². The van der Waals surface area contributed by atoms with E-state index in [1.807, 2.05) is 18.2 Å². The van der Waals surface area contributed by atoms with Crippen LogP contribution in [0.4, 0.5) is 0 Å². The number of nitrogens with zero attached hydrogens (tertiary/aromatic N) is 3. The number of methoxy groups -OCH3 is 2. The van der Waals surface area contributed by atoms with Crippen molar-refractivity contribution in [2.75, 3.05) is 14.2 Å². The monoisotopic (exact) mass is 278 g/mol. The van der Waals surface area contributed by atoms with Crippen LogP contribution in [-0.4, -0.2) is 24.2 Å². The first-order valence-corrected chi connectivity index (χ1v) is 6.11. The summed E-state index contributed by atoms with van der Waals surface area (Å²) in [6.45, 7) is 0. The van der Waals surface area contributed by atoms with Gasteiger partial charge in [0.05, 0.1) is 31.0 Å². The first-order chi connectivity index (χ1) is 10.2. The van der Waals surface area contributed by atoms with Gasteiger partial charge in [-0.3, -0.25) is 0 Å². The zero-order chi connectivity index (χ0) is 15.0. The molecule has 0 fully saturated rings. The molecule has 0 saturated heterocycles. The Hall–Kier alpha value is -3.25. The number of fused-ring (bicyclic) bond motifs is 3. The Morgan fingerprint density at radius 1 is 1.10 bits per heavy atom. The molecule has 0 bridgehead atoms. The molecule has 0 aromatic heterocycles. The zero-order valence-corrected chi connectivity index (χ0v) is 11.4. The minimum absolute atomic E-state index is 0.0578. The van der Waals surface area contributed by atoms with E-state index in [-0.39, 0.29) is 11.4 Å². The summed E-state index contributed by atoms with van der Waals surface area (Å²) >= 11 is 0. The molecular formula is C15H10N4O2. The van der Waals surface area contributed by atoms with Gasteiger partial charge in [-0.05, 0) is 18.2 Å². The number of ether oxygens (including phenoxy) is 2. The molecule has 2 aliphatic rings. The molecule has 1 aromatic rings. The summed E-state index contributed by atoms with van der Waals surface area (Å²) < 4.78 is 10.7. The van der Waals surface area contributed by atoms with Gasteiger partial charge in [-0.1, -0.05) is 0 Å². The van der Waals surface area contributed by atoms with Crippen LogP contribution >= 0.6 is 0 Å². The Bertz CT molecular complexity index is 899. The molecule has 1 N–H and O–H groups in total. The third-order valence-corrected chi connectivity index (χ3v) is 3.33. The normalized spacial score (nSPS) is 10.3. The third kappa shape index (κ3) is 1.74. The predicted molar refractivity (Wildman–Crippen MR) is 75.2 cm³/mol. The van der Waals surface area contributed by atoms with E-state index < -0.39 is 0 Å². The lowest BCUT2D eigenvalue weighted by Crippen LogP contribution is -1.98. The molecule has 0 atom stereocenters. The van der Waals surface area contributed by atoms with E-state index in [4.69, 9.17) is 20.0 Å². The molecule has 0 amide bonds. The largest absolute Gasteiger partial charge is 0.496 e. The molecule has 21 heavy (non-hydrogen) atoms. The van der Waals surface area contributed by atoms with E-state index in [1.165, 1.54) is 0 Å². The highest BCUT2D eigenvalue weighted by molar-refractivity contribution is 6.06. The van der Waals surface area contributed by atoms with Gasteiger partial charge >= 0.3 is 0 Å². The van der Waals surface area contributed by atoms with Gasteiger partial charge in [0.25, 0.3) is 0 Å². The van der Waals surface area contributed by atoms with E-state index in [9.17, 15) is 0 Å². The molecule has 6 heteroatoms. The van der Waals surface area contributed by atoms with E-state index >= 15 is 0 Å². The van der Waals surface area contributed by atoms with E-state index in [0.29, 0.717) is 22.9 Å². The molecule has 1 aromatic carbocycles. The Morgan fingerprint density at radius 2 is 1.81 bits per heavy atom. The van der Waals surface area contributed by atoms with Gasteiger partial charge in [0.2, 0.25) is 0 Å². The lowest BCUT2D eigenvalue weighted by Gasteiger charge is -2.07. The average molecular weight is 278 g/mol. The van der Waals surface area contributed by atoms with Gasteiger partial charge in [0.15, 0.2) is 11.4 Å². The number of aromatic nitrogens is 2. The summed E-state index contributed by atoms with van der Waals surface area (Å²) in [5.41, 5.74) is 1.43. The number of nitrogens with one attached hydrogen (secondary N) is 1. The number of rotatable bonds is 2. The second kappa shape index (κ2) is 4.69. The SMILES string of the molecule is COc1ccc(OC)c2c3nc(C#N)c(C#N)[nH]c-3cc12. The predicted octanol–water partition coefficient (Wildman–Crippen LogP) is 2.43. The highest BCUT2D eigenvalue weighted by atomic mass is 16.5. The van der Waals surface area contributed by atoms with Crippen LogP contribution in [0, 0.1) is 22.7 Å². The topological polar surface area (TPSA) is 94.7 Å². The number of aromatic amines is 1. The molecule has 6 nitrogen and oxygen atoms in total. The van der Waals surface area contributed by atoms with Gasteiger partial charge in [-0.2, -0.15) is 10.5 Å². The van der Waals surface area contributed by atoms with Crippen LogP contribution in [0.2, 0.25) is 0 Å². The Kier molecular flexibility index (Phi) is 2.85. The quantitative estimate of drug-likeness (QED) is 0.776. The minimum atomic E-state index is 0.0578. The third-order valence-electron chi connectivity index (χ3n) is 3.33. The minimum Gasteiger partial charge on any atom is -0.496 e. The van der Waals surface area contributed by atoms with Gasteiger partial charge in [0, 0.05) is 5.39 Å². The van der Waals surface area contributed by atoms with Crippen molar-refractivity contribution in [1.29, 1.82) is 10.5 Å². The van der Waals surface area contributed by atoms with Crippen molar-refractivity contribution < 1.29 is 9.47 Å². The summed E-state index contributed by atoms with van der Waals surface area (Å²) in [5.74, 6) is 1.31. The van der Waals surface area contributed by atoms with Gasteiger partial charge in [-0.25, -0.2) is 4.98 Å². The fraction of sp³-hybridized carbons (Fsp3) is 0.133. The van der Waals surface area contributed by atoms with Crippen LogP contribution in [0.5, 0.6) is 11.5 Å². The molecule has 1 heterocycles. The maximum atomic E-state index is 9.11. The number of H-pyrrole nitrogens is 1. The standard InChI is InChI=1S/C15H10N4O2/c1-20-12-3-4-13(21-2)14-8(12)5-9-15(14)19-11(7-17)10(6-16)18-9/h3-5,18H,1-2H3. The summed E-state index contributed by atoms with van der Waals surface area (Å²) in [6.07, 6.45) is 0. The summed E-state index contributed by atoms with van der Waals surface area (Å²) in [4.78, 5) is 7.22. The highest BCUT2D eigenvalue weighted by Crippen LogP contribution is 2.42. The van der Waals surface area contributed by atoms with Crippen LogP contribution in [0.1, 0.15) is 11.4 Å². The van der Waals surface area contributed by atoms with Gasteiger partial charge in [0.1, 0.15) is 23.6 Å². The number of benzene rings is 1. The molecule has 0 saturated carbocycles. The molecule has 1 aliphatic heterocycles. The second-order valence-electron chi connectivity index (χ2n) is 4.35. The fourth-order valence-corrected chi connectivity index (χ4v) is 2.40. The van der Waals surface area contributed by atoms with Crippen LogP contribution in [0.3, 0.4) is 0 Å². The van der Waals surface area contributed by atoms with E-state index in [1.54, 1.807) is 26.4 Å². The maximum absolute atomic E-state index is 9.11. The zero-order valence-electron chi connectivity index (χ0n) is 11.4. The van der Waals surface area contributed by atoms with Crippen molar-refractivity contribution in [3.05, 3.63) is 29.6 Å². The molecule has 3 rings (SSSR count). The van der Waals surface area contributed by atoms with E-state index in [2.05, 4.69) is 9.97 Å². The van der Waals surface area contributed by atoms with Crippen LogP contribution in [0.15, 0.2) is 18.2 Å². The number of hydrogen-bond acceptors (Lipinski definition) is 5. The smallest absolute Gasteiger partial charge is 0.175 e. The fourth-order valence-electron chi connectivity index (χ4n) is 2.40. The Labute approximate surface area is 120 Å². The molecular weight excluding hydrogens is 268 g/mol. The lowest BCUT2D eigenvalue weighted by molar-refractivity contribution is 0.410. The van der Waals surface area contributed by atoms with Crippen molar-refractivity contribution in [2.45, 2.75) is 0 Å². The van der Waals surface area contributed by atoms with Gasteiger partial charge < -0.3 is 14.5 Å². The highest BCUT2D eigenvalue weighted by Gasteiger charge is 2.21. The van der Waals surface area contributed by atoms with Gasteiger partial charge in [-0.15, -0.1) is 0 Å². The van der Waals surface area contributed by atoms with Crippen LogP contribution in [-0.2, 0) is 0 Å². The molecule has 0 radical (unpaired) electrons. The second-order valence-corrected chi connectivity index (χ2v) is 4.35. The summed E-state index contributed by atoms with van der Waals surface area (Å²) in [5, 5.41) is 19.7. The molecule has 0 unspecified atom stereocenters. The Morgan fingerprint density at radius 3 is 2.43 bits per heavy atom. The Balaban J connectivity index is 2.50. The van der Waals surface area contributed by atoms with Crippen molar-refractivity contribution in [3.8, 4) is 35.0 Å². The molecule has 1 aliphatic carbocycles. The number of nitriles is 2.